The Morgan fingerprint density at radius 1 is 0.967 bits per heavy atom. The van der Waals surface area contributed by atoms with E-state index in [1.54, 1.807) is 12.4 Å². The molecule has 3 rings (SSSR count). The van der Waals surface area contributed by atoms with Gasteiger partial charge in [0.15, 0.2) is 0 Å². The zero-order valence-corrected chi connectivity index (χ0v) is 16.9. The van der Waals surface area contributed by atoms with Gasteiger partial charge in [-0.2, -0.15) is 0 Å². The van der Waals surface area contributed by atoms with Crippen LogP contribution in [0.2, 0.25) is 0 Å². The Kier molecular flexibility index (Phi) is 7.69. The fourth-order valence-corrected chi connectivity index (χ4v) is 2.89. The van der Waals surface area contributed by atoms with Gasteiger partial charge in [0, 0.05) is 25.5 Å². The molecule has 30 heavy (non-hydrogen) atoms. The molecule has 6 nitrogen and oxygen atoms in total. The average Bonchev–Trinajstić information content (AvgIpc) is 2.78. The molecule has 0 unspecified atom stereocenters. The van der Waals surface area contributed by atoms with Crippen LogP contribution < -0.4 is 5.32 Å². The average molecular weight is 403 g/mol. The zero-order chi connectivity index (χ0) is 21.2. The predicted molar refractivity (Wildman–Crippen MR) is 117 cm³/mol. The summed E-state index contributed by atoms with van der Waals surface area (Å²) in [6.45, 7) is 3.40. The Balaban J connectivity index is 1.48. The summed E-state index contributed by atoms with van der Waals surface area (Å²) in [4.78, 5) is 20.1. The number of aromatic nitrogens is 1. The molecule has 0 radical (unpaired) electrons. The van der Waals surface area contributed by atoms with Crippen molar-refractivity contribution in [1.82, 2.24) is 10.3 Å². The Morgan fingerprint density at radius 2 is 1.60 bits per heavy atom. The third kappa shape index (κ3) is 6.53. The number of rotatable bonds is 10. The molecule has 1 aromatic heterocycles. The fourth-order valence-electron chi connectivity index (χ4n) is 2.89. The van der Waals surface area contributed by atoms with Crippen LogP contribution in [0.25, 0.3) is 11.1 Å². The van der Waals surface area contributed by atoms with Crippen molar-refractivity contribution in [1.29, 1.82) is 0 Å². The van der Waals surface area contributed by atoms with E-state index in [4.69, 9.17) is 9.94 Å². The van der Waals surface area contributed by atoms with Gasteiger partial charge in [0.2, 0.25) is 0 Å². The highest BCUT2D eigenvalue weighted by Gasteiger charge is 2.02. The molecule has 0 saturated heterocycles. The van der Waals surface area contributed by atoms with Crippen LogP contribution in [0.5, 0.6) is 0 Å². The lowest BCUT2D eigenvalue weighted by molar-refractivity contribution is -0.136. The van der Waals surface area contributed by atoms with Crippen molar-refractivity contribution in [3.05, 3.63) is 89.7 Å². The molecule has 6 heteroatoms. The lowest BCUT2D eigenvalue weighted by atomic mass is 10.1. The van der Waals surface area contributed by atoms with E-state index in [0.29, 0.717) is 19.7 Å². The first-order valence-corrected chi connectivity index (χ1v) is 9.79. The van der Waals surface area contributed by atoms with Gasteiger partial charge in [-0.1, -0.05) is 53.7 Å². The van der Waals surface area contributed by atoms with Gasteiger partial charge in [0.05, 0.1) is 12.1 Å². The number of hydrogen-bond donors (Lipinski definition) is 2. The molecule has 154 valence electrons. The molecule has 0 fully saturated rings. The third-order valence-corrected chi connectivity index (χ3v) is 4.62. The Morgan fingerprint density at radius 3 is 2.27 bits per heavy atom. The summed E-state index contributed by atoms with van der Waals surface area (Å²) < 4.78 is 0. The van der Waals surface area contributed by atoms with Gasteiger partial charge in [-0.25, -0.2) is 0 Å². The van der Waals surface area contributed by atoms with Gasteiger partial charge in [0.25, 0.3) is 0 Å². The smallest absolute Gasteiger partial charge is 0.304 e. The van der Waals surface area contributed by atoms with E-state index in [-0.39, 0.29) is 6.42 Å². The van der Waals surface area contributed by atoms with E-state index in [9.17, 15) is 4.79 Å². The van der Waals surface area contributed by atoms with Crippen molar-refractivity contribution in [2.24, 2.45) is 5.16 Å². The van der Waals surface area contributed by atoms with Crippen LogP contribution in [0.15, 0.2) is 78.2 Å². The standard InChI is InChI=1S/C24H25N3O3/c1-18(21-6-2-19(3-7-21)16-26-15-12-24(28)29)27-30-17-20-4-8-22(9-5-20)23-10-13-25-14-11-23/h2-11,13-14,26H,12,15-17H2,1H3,(H,28,29)/b27-18-. The maximum absolute atomic E-state index is 10.5. The number of nitrogens with zero attached hydrogens (tertiary/aromatic N) is 2. The van der Waals surface area contributed by atoms with E-state index in [1.807, 2.05) is 55.5 Å². The first kappa shape index (κ1) is 21.2. The molecule has 0 aliphatic heterocycles. The predicted octanol–water partition coefficient (Wildman–Crippen LogP) is 4.25. The number of nitrogens with one attached hydrogen (secondary N) is 1. The summed E-state index contributed by atoms with van der Waals surface area (Å²) >= 11 is 0. The largest absolute Gasteiger partial charge is 0.481 e. The Labute approximate surface area is 176 Å². The highest BCUT2D eigenvalue weighted by molar-refractivity contribution is 5.98. The minimum atomic E-state index is -0.797. The van der Waals surface area contributed by atoms with Crippen molar-refractivity contribution < 1.29 is 14.7 Å². The summed E-state index contributed by atoms with van der Waals surface area (Å²) in [5.74, 6) is -0.797. The Hall–Kier alpha value is -3.51. The lowest BCUT2D eigenvalue weighted by Gasteiger charge is -2.06. The molecular weight excluding hydrogens is 378 g/mol. The minimum Gasteiger partial charge on any atom is -0.481 e. The quantitative estimate of drug-likeness (QED) is 0.300. The van der Waals surface area contributed by atoms with Gasteiger partial charge in [-0.05, 0) is 46.9 Å². The third-order valence-electron chi connectivity index (χ3n) is 4.62. The number of hydrogen-bond acceptors (Lipinski definition) is 5. The second-order valence-electron chi connectivity index (χ2n) is 6.90. The zero-order valence-electron chi connectivity index (χ0n) is 16.9. The van der Waals surface area contributed by atoms with Crippen LogP contribution in [0.3, 0.4) is 0 Å². The van der Waals surface area contributed by atoms with E-state index in [2.05, 4.69) is 27.6 Å². The molecule has 0 atom stereocenters. The maximum atomic E-state index is 10.5. The SMILES string of the molecule is C/C(=N/OCc1ccc(-c2ccncc2)cc1)c1ccc(CNCCC(=O)O)cc1. The van der Waals surface area contributed by atoms with Crippen LogP contribution in [-0.4, -0.2) is 28.3 Å². The molecule has 0 saturated carbocycles. The van der Waals surface area contributed by atoms with Crippen molar-refractivity contribution in [3.63, 3.8) is 0 Å². The second-order valence-corrected chi connectivity index (χ2v) is 6.90. The first-order valence-electron chi connectivity index (χ1n) is 9.79. The number of carboxylic acid groups (broad SMARTS) is 1. The number of aliphatic carboxylic acids is 1. The lowest BCUT2D eigenvalue weighted by Crippen LogP contribution is -2.17. The highest BCUT2D eigenvalue weighted by atomic mass is 16.6. The van der Waals surface area contributed by atoms with Gasteiger partial charge in [-0.15, -0.1) is 0 Å². The molecule has 0 spiro atoms. The Bertz CT molecular complexity index is 969. The normalized spacial score (nSPS) is 11.3. The van der Waals surface area contributed by atoms with E-state index in [1.165, 1.54) is 0 Å². The van der Waals surface area contributed by atoms with E-state index < -0.39 is 5.97 Å². The van der Waals surface area contributed by atoms with Crippen LogP contribution >= 0.6 is 0 Å². The summed E-state index contributed by atoms with van der Waals surface area (Å²) in [5.41, 5.74) is 6.19. The van der Waals surface area contributed by atoms with Crippen LogP contribution in [0, 0.1) is 0 Å². The van der Waals surface area contributed by atoms with Gasteiger partial charge in [-0.3, -0.25) is 9.78 Å². The number of carboxylic acids is 1. The molecule has 3 aromatic rings. The van der Waals surface area contributed by atoms with E-state index in [0.717, 1.165) is 33.5 Å². The molecule has 2 N–H and O–H groups in total. The first-order chi connectivity index (χ1) is 14.6. The summed E-state index contributed by atoms with van der Waals surface area (Å²) in [5, 5.41) is 16.0. The highest BCUT2D eigenvalue weighted by Crippen LogP contribution is 2.19. The van der Waals surface area contributed by atoms with Gasteiger partial charge < -0.3 is 15.3 Å². The van der Waals surface area contributed by atoms with Gasteiger partial charge in [0.1, 0.15) is 6.61 Å². The number of oxime groups is 1. The molecule has 0 aliphatic carbocycles. The van der Waals surface area contributed by atoms with Crippen molar-refractivity contribution in [2.45, 2.75) is 26.5 Å². The molecule has 1 heterocycles. The van der Waals surface area contributed by atoms with Crippen molar-refractivity contribution >= 4 is 11.7 Å². The molecule has 0 amide bonds. The molecule has 2 aromatic carbocycles. The maximum Gasteiger partial charge on any atom is 0.304 e. The van der Waals surface area contributed by atoms with Crippen molar-refractivity contribution in [3.8, 4) is 11.1 Å². The van der Waals surface area contributed by atoms with Crippen LogP contribution in [-0.2, 0) is 22.8 Å². The molecule has 0 aliphatic rings. The monoisotopic (exact) mass is 403 g/mol. The topological polar surface area (TPSA) is 83.8 Å². The van der Waals surface area contributed by atoms with Crippen LogP contribution in [0.1, 0.15) is 30.0 Å². The van der Waals surface area contributed by atoms with Crippen molar-refractivity contribution in [2.75, 3.05) is 6.54 Å². The van der Waals surface area contributed by atoms with Crippen LogP contribution in [0.4, 0.5) is 0 Å². The summed E-state index contributed by atoms with van der Waals surface area (Å²) in [7, 11) is 0. The molecule has 0 bridgehead atoms. The number of carbonyl (C=O) groups is 1. The fraction of sp³-hybridized carbons (Fsp3) is 0.208. The number of benzene rings is 2. The number of pyridine rings is 1. The minimum absolute atomic E-state index is 0.119. The second kappa shape index (κ2) is 10.9. The van der Waals surface area contributed by atoms with E-state index >= 15 is 0 Å². The molecular formula is C24H25N3O3. The summed E-state index contributed by atoms with van der Waals surface area (Å²) in [6.07, 6.45) is 3.69. The summed E-state index contributed by atoms with van der Waals surface area (Å²) in [6, 6.07) is 20.1. The van der Waals surface area contributed by atoms with Gasteiger partial charge >= 0.3 is 5.97 Å².